The number of nitrogens with zero attached hydrogens (tertiary/aromatic N) is 3. The first-order chi connectivity index (χ1) is 14.0. The van der Waals surface area contributed by atoms with E-state index < -0.39 is 0 Å². The van der Waals surface area contributed by atoms with Crippen LogP contribution in [0.5, 0.6) is 11.5 Å². The van der Waals surface area contributed by atoms with E-state index in [1.54, 1.807) is 42.5 Å². The number of benzene rings is 2. The van der Waals surface area contributed by atoms with Gasteiger partial charge in [0.25, 0.3) is 5.56 Å². The second-order valence-corrected chi connectivity index (χ2v) is 7.75. The van der Waals surface area contributed by atoms with Gasteiger partial charge in [-0.1, -0.05) is 29.3 Å². The van der Waals surface area contributed by atoms with Crippen LogP contribution in [0.1, 0.15) is 5.56 Å². The van der Waals surface area contributed by atoms with Crippen LogP contribution >= 0.6 is 34.5 Å². The van der Waals surface area contributed by atoms with E-state index in [1.807, 2.05) is 12.1 Å². The molecule has 0 N–H and O–H groups in total. The largest absolute Gasteiger partial charge is 0.454 e. The summed E-state index contributed by atoms with van der Waals surface area (Å²) in [6.07, 6.45) is 1.62. The van der Waals surface area contributed by atoms with Crippen molar-refractivity contribution >= 4 is 46.2 Å². The third-order valence-electron chi connectivity index (χ3n) is 4.07. The zero-order chi connectivity index (χ0) is 20.5. The SMILES string of the molecule is N#CC(C#N)=c1sc(=Cc2cc(Cl)c3c(c2)OCO3)c(=O)n1-c1cccc(Cl)c1. The minimum absolute atomic E-state index is 0.0753. The molecule has 142 valence electrons. The van der Waals surface area contributed by atoms with Crippen molar-refractivity contribution in [3.05, 3.63) is 71.6 Å². The summed E-state index contributed by atoms with van der Waals surface area (Å²) in [5.41, 5.74) is 0.525. The lowest BCUT2D eigenvalue weighted by atomic mass is 10.2. The summed E-state index contributed by atoms with van der Waals surface area (Å²) in [5.74, 6) is 0.939. The van der Waals surface area contributed by atoms with Crippen molar-refractivity contribution in [2.24, 2.45) is 0 Å². The predicted molar refractivity (Wildman–Crippen MR) is 110 cm³/mol. The lowest BCUT2D eigenvalue weighted by Crippen LogP contribution is -2.30. The van der Waals surface area contributed by atoms with Crippen LogP contribution in [0.2, 0.25) is 10.0 Å². The smallest absolute Gasteiger partial charge is 0.273 e. The fourth-order valence-corrected chi connectivity index (χ4v) is 4.36. The van der Waals surface area contributed by atoms with Crippen LogP contribution in [0.3, 0.4) is 0 Å². The van der Waals surface area contributed by atoms with Gasteiger partial charge in [-0.25, -0.2) is 0 Å². The summed E-state index contributed by atoms with van der Waals surface area (Å²) in [5, 5.41) is 19.5. The monoisotopic (exact) mass is 441 g/mol. The number of fused-ring (bicyclic) bond motifs is 1. The second kappa shape index (κ2) is 7.65. The summed E-state index contributed by atoms with van der Waals surface area (Å²) >= 11 is 13.3. The summed E-state index contributed by atoms with van der Waals surface area (Å²) in [6.45, 7) is 0.0753. The maximum absolute atomic E-state index is 13.1. The first-order valence-electron chi connectivity index (χ1n) is 8.15. The average molecular weight is 442 g/mol. The van der Waals surface area contributed by atoms with Gasteiger partial charge in [0.1, 0.15) is 16.8 Å². The number of hydrogen-bond acceptors (Lipinski definition) is 6. The quantitative estimate of drug-likeness (QED) is 0.609. The van der Waals surface area contributed by atoms with E-state index in [-0.39, 0.29) is 22.6 Å². The van der Waals surface area contributed by atoms with E-state index in [2.05, 4.69) is 0 Å². The second-order valence-electron chi connectivity index (χ2n) is 5.87. The Labute approximate surface area is 178 Å². The van der Waals surface area contributed by atoms with Gasteiger partial charge in [-0.15, -0.1) is 11.3 Å². The molecular weight excluding hydrogens is 433 g/mol. The van der Waals surface area contributed by atoms with Gasteiger partial charge in [0.05, 0.1) is 15.2 Å². The van der Waals surface area contributed by atoms with Crippen molar-refractivity contribution in [1.82, 2.24) is 4.57 Å². The number of ether oxygens (including phenoxy) is 2. The minimum atomic E-state index is -0.385. The standard InChI is InChI=1S/C20H9Cl2N3O3S/c21-13-2-1-3-14(7-13)25-19(26)17(29-20(25)12(8-23)9-24)6-11-4-15(22)18-16(5-11)27-10-28-18/h1-7H,10H2. The average Bonchev–Trinajstić information content (AvgIpc) is 3.29. The highest BCUT2D eigenvalue weighted by Gasteiger charge is 2.18. The van der Waals surface area contributed by atoms with Crippen LogP contribution in [0.25, 0.3) is 17.3 Å². The molecule has 0 bridgehead atoms. The van der Waals surface area contributed by atoms with Gasteiger partial charge in [-0.3, -0.25) is 9.36 Å². The molecule has 0 saturated carbocycles. The molecule has 0 unspecified atom stereocenters. The van der Waals surface area contributed by atoms with Crippen molar-refractivity contribution in [2.45, 2.75) is 0 Å². The molecular formula is C20H9Cl2N3O3S. The van der Waals surface area contributed by atoms with Crippen LogP contribution in [-0.2, 0) is 0 Å². The van der Waals surface area contributed by atoms with Gasteiger partial charge < -0.3 is 9.47 Å². The van der Waals surface area contributed by atoms with Crippen LogP contribution in [0.4, 0.5) is 0 Å². The van der Waals surface area contributed by atoms with Crippen molar-refractivity contribution < 1.29 is 9.47 Å². The Kier molecular flexibility index (Phi) is 5.04. The number of aromatic nitrogens is 1. The molecule has 1 aliphatic heterocycles. The summed E-state index contributed by atoms with van der Waals surface area (Å²) < 4.78 is 12.5. The highest BCUT2D eigenvalue weighted by molar-refractivity contribution is 7.07. The fourth-order valence-electron chi connectivity index (χ4n) is 2.84. The maximum atomic E-state index is 13.1. The molecule has 0 fully saturated rings. The van der Waals surface area contributed by atoms with Crippen molar-refractivity contribution in [3.8, 4) is 29.3 Å². The number of nitriles is 2. The van der Waals surface area contributed by atoms with E-state index in [1.165, 1.54) is 4.57 Å². The number of hydrogen-bond donors (Lipinski definition) is 0. The van der Waals surface area contributed by atoms with Crippen molar-refractivity contribution in [2.75, 3.05) is 6.79 Å². The van der Waals surface area contributed by atoms with Gasteiger partial charge in [-0.2, -0.15) is 10.5 Å². The molecule has 2 aromatic carbocycles. The lowest BCUT2D eigenvalue weighted by Gasteiger charge is -2.02. The Balaban J connectivity index is 2.02. The maximum Gasteiger partial charge on any atom is 0.273 e. The Hall–Kier alpha value is -3.23. The molecule has 3 aromatic rings. The van der Waals surface area contributed by atoms with Crippen molar-refractivity contribution in [3.63, 3.8) is 0 Å². The minimum Gasteiger partial charge on any atom is -0.454 e. The van der Waals surface area contributed by atoms with E-state index in [9.17, 15) is 15.3 Å². The summed E-state index contributed by atoms with van der Waals surface area (Å²) in [6, 6.07) is 13.7. The van der Waals surface area contributed by atoms with Crippen LogP contribution in [-0.4, -0.2) is 11.4 Å². The molecule has 0 saturated heterocycles. The Morgan fingerprint density at radius 1 is 1.17 bits per heavy atom. The molecule has 29 heavy (non-hydrogen) atoms. The van der Waals surface area contributed by atoms with Gasteiger partial charge in [0.2, 0.25) is 6.79 Å². The molecule has 9 heteroatoms. The highest BCUT2D eigenvalue weighted by atomic mass is 35.5. The van der Waals surface area contributed by atoms with Gasteiger partial charge in [-0.05, 0) is 42.0 Å². The van der Waals surface area contributed by atoms with E-state index in [0.29, 0.717) is 37.3 Å². The molecule has 0 atom stereocenters. The van der Waals surface area contributed by atoms with Gasteiger partial charge >= 0.3 is 0 Å². The summed E-state index contributed by atoms with van der Waals surface area (Å²) in [4.78, 5) is 13.1. The molecule has 0 spiro atoms. The predicted octanol–water partition coefficient (Wildman–Crippen LogP) is 2.96. The van der Waals surface area contributed by atoms with Gasteiger partial charge in [0, 0.05) is 5.02 Å². The first kappa shape index (κ1) is 19.1. The van der Waals surface area contributed by atoms with E-state index in [0.717, 1.165) is 11.3 Å². The molecule has 0 aliphatic carbocycles. The Bertz CT molecular complexity index is 1390. The Morgan fingerprint density at radius 2 is 1.97 bits per heavy atom. The molecule has 1 aromatic heterocycles. The van der Waals surface area contributed by atoms with Gasteiger partial charge in [0.15, 0.2) is 17.1 Å². The molecule has 6 nitrogen and oxygen atoms in total. The number of thiazole rings is 1. The lowest BCUT2D eigenvalue weighted by molar-refractivity contribution is 0.174. The molecule has 1 aliphatic rings. The number of rotatable bonds is 2. The number of halogens is 2. The molecule has 0 radical (unpaired) electrons. The zero-order valence-corrected chi connectivity index (χ0v) is 16.8. The molecule has 4 rings (SSSR count). The summed E-state index contributed by atoms with van der Waals surface area (Å²) in [7, 11) is 0. The molecule has 2 heterocycles. The third-order valence-corrected chi connectivity index (χ3v) is 5.68. The van der Waals surface area contributed by atoms with E-state index >= 15 is 0 Å². The third kappa shape index (κ3) is 3.48. The Morgan fingerprint density at radius 3 is 2.69 bits per heavy atom. The fraction of sp³-hybridized carbons (Fsp3) is 0.0500. The topological polar surface area (TPSA) is 88.0 Å². The normalized spacial score (nSPS) is 12.5. The van der Waals surface area contributed by atoms with Crippen LogP contribution < -0.4 is 24.2 Å². The van der Waals surface area contributed by atoms with Crippen LogP contribution in [0.15, 0.2) is 41.2 Å². The van der Waals surface area contributed by atoms with Crippen molar-refractivity contribution in [1.29, 1.82) is 10.5 Å². The zero-order valence-electron chi connectivity index (χ0n) is 14.5. The first-order valence-corrected chi connectivity index (χ1v) is 9.72. The van der Waals surface area contributed by atoms with E-state index in [4.69, 9.17) is 32.7 Å². The van der Waals surface area contributed by atoms with Crippen LogP contribution in [0, 0.1) is 22.7 Å². The highest BCUT2D eigenvalue weighted by Crippen LogP contribution is 2.39. The molecule has 0 amide bonds.